The lowest BCUT2D eigenvalue weighted by Gasteiger charge is -2.12. The maximum atomic E-state index is 12.2. The summed E-state index contributed by atoms with van der Waals surface area (Å²) in [4.78, 5) is 29.9. The molecule has 0 spiro atoms. The van der Waals surface area contributed by atoms with Gasteiger partial charge in [0.1, 0.15) is 17.7 Å². The lowest BCUT2D eigenvalue weighted by atomic mass is 10.2. The van der Waals surface area contributed by atoms with Crippen LogP contribution in [0.4, 0.5) is 10.5 Å². The van der Waals surface area contributed by atoms with Crippen molar-refractivity contribution in [2.45, 2.75) is 19.8 Å². The van der Waals surface area contributed by atoms with Gasteiger partial charge < -0.3 is 10.1 Å². The molecule has 3 aromatic carbocycles. The van der Waals surface area contributed by atoms with Gasteiger partial charge in [0.15, 0.2) is 0 Å². The second-order valence-electron chi connectivity index (χ2n) is 7.37. The van der Waals surface area contributed by atoms with Gasteiger partial charge in [-0.3, -0.25) is 20.4 Å². The normalized spacial score (nSPS) is 11.0. The van der Waals surface area contributed by atoms with Crippen LogP contribution < -0.4 is 20.9 Å². The zero-order valence-corrected chi connectivity index (χ0v) is 20.5. The van der Waals surface area contributed by atoms with Crippen LogP contribution in [-0.4, -0.2) is 18.5 Å². The van der Waals surface area contributed by atoms with Crippen LogP contribution >= 0.6 is 23.2 Å². The lowest BCUT2D eigenvalue weighted by Crippen LogP contribution is -2.34. The number of nitrogens with one attached hydrogen (secondary N) is 3. The van der Waals surface area contributed by atoms with Gasteiger partial charge >= 0.3 is 6.03 Å². The first kappa shape index (κ1) is 26.1. The fourth-order valence-electron chi connectivity index (χ4n) is 2.85. The van der Waals surface area contributed by atoms with Crippen LogP contribution in [0.25, 0.3) is 5.70 Å². The zero-order valence-electron chi connectivity index (χ0n) is 19.0. The molecule has 0 fully saturated rings. The van der Waals surface area contributed by atoms with Crippen molar-refractivity contribution < 1.29 is 19.2 Å². The van der Waals surface area contributed by atoms with E-state index < -0.39 is 11.9 Å². The van der Waals surface area contributed by atoms with Crippen molar-refractivity contribution in [1.82, 2.24) is 10.8 Å². The minimum absolute atomic E-state index is 0.212. The van der Waals surface area contributed by atoms with Crippen LogP contribution in [0.15, 0.2) is 79.1 Å². The number of urea groups is 1. The highest BCUT2D eigenvalue weighted by Crippen LogP contribution is 2.20. The number of benzene rings is 3. The van der Waals surface area contributed by atoms with Crippen molar-refractivity contribution in [2.75, 3.05) is 11.9 Å². The Balaban J connectivity index is 1.60. The number of carbonyl (C=O) groups is 2. The van der Waals surface area contributed by atoms with Crippen LogP contribution in [0.5, 0.6) is 5.75 Å². The quantitative estimate of drug-likeness (QED) is 0.160. The molecule has 0 radical (unpaired) electrons. The fraction of sp³-hybridized carbons (Fsp3) is 0.154. The zero-order chi connectivity index (χ0) is 25.0. The number of anilines is 1. The third-order valence-electron chi connectivity index (χ3n) is 4.71. The summed E-state index contributed by atoms with van der Waals surface area (Å²) in [5.41, 5.74) is 5.07. The topological polar surface area (TPSA) is 88.7 Å². The summed E-state index contributed by atoms with van der Waals surface area (Å²) in [6.45, 7) is 2.64. The van der Waals surface area contributed by atoms with E-state index in [1.165, 1.54) is 12.3 Å². The van der Waals surface area contributed by atoms with Gasteiger partial charge in [-0.1, -0.05) is 60.8 Å². The molecule has 35 heavy (non-hydrogen) atoms. The van der Waals surface area contributed by atoms with Crippen molar-refractivity contribution in [3.8, 4) is 5.75 Å². The molecule has 0 bridgehead atoms. The van der Waals surface area contributed by atoms with Gasteiger partial charge in [-0.2, -0.15) is 0 Å². The second-order valence-corrected chi connectivity index (χ2v) is 8.22. The van der Waals surface area contributed by atoms with Crippen molar-refractivity contribution in [3.05, 3.63) is 100 Å². The molecule has 0 aliphatic carbocycles. The maximum Gasteiger partial charge on any atom is 0.326 e. The first-order chi connectivity index (χ1) is 17.0. The highest BCUT2D eigenvalue weighted by molar-refractivity contribution is 6.34. The summed E-state index contributed by atoms with van der Waals surface area (Å²) in [6.07, 6.45) is 3.48. The van der Waals surface area contributed by atoms with Crippen molar-refractivity contribution in [3.63, 3.8) is 0 Å². The van der Waals surface area contributed by atoms with Crippen LogP contribution in [0, 0.1) is 0 Å². The molecule has 3 amide bonds. The van der Waals surface area contributed by atoms with E-state index >= 15 is 0 Å². The van der Waals surface area contributed by atoms with Crippen LogP contribution in [0.2, 0.25) is 10.0 Å². The van der Waals surface area contributed by atoms with E-state index in [-0.39, 0.29) is 10.6 Å². The first-order valence-electron chi connectivity index (χ1n) is 10.9. The Hall–Kier alpha value is -3.52. The Labute approximate surface area is 214 Å². The van der Waals surface area contributed by atoms with E-state index in [0.717, 1.165) is 18.4 Å². The molecule has 7 nitrogen and oxygen atoms in total. The predicted molar refractivity (Wildman–Crippen MR) is 138 cm³/mol. The molecular weight excluding hydrogens is 489 g/mol. The third kappa shape index (κ3) is 8.33. The highest BCUT2D eigenvalue weighted by atomic mass is 35.5. The molecule has 182 valence electrons. The molecule has 0 saturated heterocycles. The van der Waals surface area contributed by atoms with Gasteiger partial charge in [0.05, 0.1) is 17.2 Å². The van der Waals surface area contributed by atoms with Gasteiger partial charge in [0, 0.05) is 16.3 Å². The summed E-state index contributed by atoms with van der Waals surface area (Å²) in [5, 5.41) is 5.73. The number of hydroxylamine groups is 1. The molecule has 0 saturated carbocycles. The number of carbonyl (C=O) groups excluding carboxylic acids is 2. The summed E-state index contributed by atoms with van der Waals surface area (Å²) in [5.74, 6) is -0.0634. The van der Waals surface area contributed by atoms with E-state index in [1.807, 2.05) is 12.1 Å². The Bertz CT molecular complexity index is 1170. The van der Waals surface area contributed by atoms with Gasteiger partial charge in [0.2, 0.25) is 0 Å². The number of halogens is 2. The molecular formula is C26H25Cl2N3O4. The summed E-state index contributed by atoms with van der Waals surface area (Å²) >= 11 is 12.0. The number of imide groups is 1. The summed E-state index contributed by atoms with van der Waals surface area (Å²) in [6, 6.07) is 19.7. The first-order valence-corrected chi connectivity index (χ1v) is 11.7. The molecule has 3 rings (SSSR count). The molecule has 0 heterocycles. The Morgan fingerprint density at radius 1 is 0.943 bits per heavy atom. The van der Waals surface area contributed by atoms with E-state index in [4.69, 9.17) is 32.8 Å². The van der Waals surface area contributed by atoms with Gasteiger partial charge in [-0.05, 0) is 55.0 Å². The van der Waals surface area contributed by atoms with Crippen molar-refractivity contribution in [1.29, 1.82) is 0 Å². The highest BCUT2D eigenvalue weighted by Gasteiger charge is 2.13. The van der Waals surface area contributed by atoms with E-state index in [9.17, 15) is 9.59 Å². The number of rotatable bonds is 10. The molecule has 0 aromatic heterocycles. The van der Waals surface area contributed by atoms with Crippen molar-refractivity contribution in [2.24, 2.45) is 0 Å². The number of ether oxygens (including phenoxy) is 1. The van der Waals surface area contributed by atoms with Crippen molar-refractivity contribution >= 4 is 46.5 Å². The lowest BCUT2D eigenvalue weighted by molar-refractivity contribution is 0.0752. The average Bonchev–Trinajstić information content (AvgIpc) is 2.85. The van der Waals surface area contributed by atoms with Crippen LogP contribution in [-0.2, 0) is 4.84 Å². The summed E-state index contributed by atoms with van der Waals surface area (Å²) < 4.78 is 5.77. The number of amides is 3. The third-order valence-corrected chi connectivity index (χ3v) is 5.29. The van der Waals surface area contributed by atoms with Crippen LogP contribution in [0.3, 0.4) is 0 Å². The Kier molecular flexibility index (Phi) is 9.98. The number of unbranched alkanes of at least 4 members (excludes halogenated alkanes) is 1. The fourth-order valence-corrected chi connectivity index (χ4v) is 3.20. The molecule has 9 heteroatoms. The Morgan fingerprint density at radius 3 is 2.34 bits per heavy atom. The summed E-state index contributed by atoms with van der Waals surface area (Å²) in [7, 11) is 0. The smallest absolute Gasteiger partial charge is 0.326 e. The van der Waals surface area contributed by atoms with Gasteiger partial charge in [-0.25, -0.2) is 4.79 Å². The molecule has 0 unspecified atom stereocenters. The minimum Gasteiger partial charge on any atom is -0.463 e. The second kappa shape index (κ2) is 13.4. The maximum absolute atomic E-state index is 12.2. The number of hydrogen-bond acceptors (Lipinski definition) is 5. The molecule has 3 aromatic rings. The SMILES string of the molecule is CCCCONC(=COc1ccc(NC(=O)NC(=O)c2ccccc2Cl)cc1)c1ccc(Cl)cc1. The van der Waals surface area contributed by atoms with Gasteiger partial charge in [0.25, 0.3) is 5.91 Å². The monoisotopic (exact) mass is 513 g/mol. The molecule has 0 atom stereocenters. The van der Waals surface area contributed by atoms with E-state index in [1.54, 1.807) is 54.6 Å². The standard InChI is InChI=1S/C26H25Cl2N3O4/c1-2-3-16-35-31-24(18-8-10-19(27)11-9-18)17-34-21-14-12-20(13-15-21)29-26(33)30-25(32)22-6-4-5-7-23(22)28/h4-15,17,31H,2-3,16H2,1H3,(H2,29,30,32,33). The van der Waals surface area contributed by atoms with Gasteiger partial charge in [-0.15, -0.1) is 0 Å². The van der Waals surface area contributed by atoms with Crippen LogP contribution in [0.1, 0.15) is 35.7 Å². The molecule has 0 aliphatic heterocycles. The van der Waals surface area contributed by atoms with E-state index in [0.29, 0.717) is 28.8 Å². The average molecular weight is 514 g/mol. The number of hydrogen-bond donors (Lipinski definition) is 3. The Morgan fingerprint density at radius 2 is 1.66 bits per heavy atom. The predicted octanol–water partition coefficient (Wildman–Crippen LogP) is 6.65. The molecule has 3 N–H and O–H groups in total. The minimum atomic E-state index is -0.679. The largest absolute Gasteiger partial charge is 0.463 e. The molecule has 0 aliphatic rings. The van der Waals surface area contributed by atoms with E-state index in [2.05, 4.69) is 23.0 Å².